The second-order valence-corrected chi connectivity index (χ2v) is 18.8. The van der Waals surface area contributed by atoms with Crippen molar-refractivity contribution in [1.29, 1.82) is 0 Å². The lowest BCUT2D eigenvalue weighted by Crippen LogP contribution is -2.37. The largest absolute Gasteiger partial charge is 0.396 e. The van der Waals surface area contributed by atoms with Gasteiger partial charge in [-0.15, -0.1) is 0 Å². The molecule has 3 aromatic heterocycles. The molecule has 35 heavy (non-hydrogen) atoms. The van der Waals surface area contributed by atoms with Crippen molar-refractivity contribution in [3.8, 4) is 0 Å². The van der Waals surface area contributed by atoms with Gasteiger partial charge in [0.05, 0.1) is 9.92 Å². The van der Waals surface area contributed by atoms with Gasteiger partial charge in [-0.05, 0) is 30.3 Å². The first kappa shape index (κ1) is 25.8. The molecule has 0 bridgehead atoms. The summed E-state index contributed by atoms with van der Waals surface area (Å²) in [6.45, 7) is 9.33. The van der Waals surface area contributed by atoms with Gasteiger partial charge in [0.2, 0.25) is 0 Å². The van der Waals surface area contributed by atoms with E-state index in [4.69, 9.17) is 11.6 Å². The van der Waals surface area contributed by atoms with E-state index in [2.05, 4.69) is 41.1 Å². The van der Waals surface area contributed by atoms with Crippen LogP contribution in [0.4, 0.5) is 5.82 Å². The van der Waals surface area contributed by atoms with E-state index in [1.54, 1.807) is 34.6 Å². The molecule has 4 aromatic rings. The minimum absolute atomic E-state index is 0.246. The SMILES string of the molecule is C[Si](C)CC[Si](C)(C)Nc1ccc(C(O)c2cn(S(=O)c3ccccc3)c3ncc(Cl)cc23)cn1. The number of hydrogen-bond donors (Lipinski definition) is 2. The van der Waals surface area contributed by atoms with Crippen molar-refractivity contribution in [3.63, 3.8) is 0 Å². The topological polar surface area (TPSA) is 80.0 Å². The number of rotatable bonds is 9. The molecule has 0 spiro atoms. The van der Waals surface area contributed by atoms with E-state index < -0.39 is 25.3 Å². The van der Waals surface area contributed by atoms with Crippen LogP contribution in [0, 0.1) is 0 Å². The second-order valence-electron chi connectivity index (χ2n) is 9.59. The summed E-state index contributed by atoms with van der Waals surface area (Å²) < 4.78 is 14.9. The number of hydrogen-bond acceptors (Lipinski definition) is 5. The molecule has 6 nitrogen and oxygen atoms in total. The zero-order chi connectivity index (χ0) is 25.2. The van der Waals surface area contributed by atoms with Crippen LogP contribution in [0.1, 0.15) is 17.2 Å². The highest BCUT2D eigenvalue weighted by Crippen LogP contribution is 2.32. The Balaban J connectivity index is 1.63. The molecule has 1 aromatic carbocycles. The van der Waals surface area contributed by atoms with Crippen LogP contribution in [-0.4, -0.2) is 40.3 Å². The monoisotopic (exact) mass is 541 g/mol. The van der Waals surface area contributed by atoms with Crippen molar-refractivity contribution in [3.05, 3.63) is 83.3 Å². The van der Waals surface area contributed by atoms with Gasteiger partial charge < -0.3 is 10.1 Å². The van der Waals surface area contributed by atoms with E-state index in [0.717, 1.165) is 5.82 Å². The molecule has 4 rings (SSSR count). The van der Waals surface area contributed by atoms with E-state index >= 15 is 0 Å². The molecular formula is C25H30ClN4O2SSi2. The van der Waals surface area contributed by atoms with Crippen molar-refractivity contribution in [2.24, 2.45) is 0 Å². The van der Waals surface area contributed by atoms with Crippen molar-refractivity contribution in [2.75, 3.05) is 4.98 Å². The molecule has 0 amide bonds. The molecule has 10 heteroatoms. The first-order valence-electron chi connectivity index (χ1n) is 11.5. The standard InChI is InChI=1S/C25H30ClN4O2SSi2/c1-34(2)12-13-35(3,4)29-23-11-10-18(15-27-23)24(31)22-17-30(25-21(22)14-19(26)16-28-25)33(32)20-8-6-5-7-9-20/h5-11,14-17,24,31H,12-13H2,1-4H3,(H,27,29). The zero-order valence-corrected chi connectivity index (χ0v) is 23.9. The van der Waals surface area contributed by atoms with Crippen molar-refractivity contribution in [1.82, 2.24) is 13.9 Å². The highest BCUT2D eigenvalue weighted by molar-refractivity contribution is 7.83. The fourth-order valence-electron chi connectivity index (χ4n) is 3.86. The average molecular weight is 542 g/mol. The third-order valence-electron chi connectivity index (χ3n) is 5.85. The molecular weight excluding hydrogens is 512 g/mol. The highest BCUT2D eigenvalue weighted by atomic mass is 35.5. The fraction of sp³-hybridized carbons (Fsp3) is 0.280. The third kappa shape index (κ3) is 6.10. The number of nitrogens with zero attached hydrogens (tertiary/aromatic N) is 3. The molecule has 0 fully saturated rings. The molecule has 1 radical (unpaired) electrons. The van der Waals surface area contributed by atoms with Gasteiger partial charge >= 0.3 is 0 Å². The lowest BCUT2D eigenvalue weighted by atomic mass is 10.0. The lowest BCUT2D eigenvalue weighted by molar-refractivity contribution is 0.221. The number of halogens is 1. The Morgan fingerprint density at radius 3 is 2.54 bits per heavy atom. The fourth-order valence-corrected chi connectivity index (χ4v) is 10.6. The van der Waals surface area contributed by atoms with Crippen molar-refractivity contribution >= 4 is 56.5 Å². The van der Waals surface area contributed by atoms with Crippen LogP contribution in [0.2, 0.25) is 43.3 Å². The normalized spacial score (nSPS) is 13.8. The highest BCUT2D eigenvalue weighted by Gasteiger charge is 2.24. The molecule has 0 saturated heterocycles. The van der Waals surface area contributed by atoms with Crippen LogP contribution in [0.5, 0.6) is 0 Å². The molecule has 183 valence electrons. The van der Waals surface area contributed by atoms with E-state index in [9.17, 15) is 9.32 Å². The Hall–Kier alpha value is -2.31. The molecule has 0 aliphatic carbocycles. The first-order valence-corrected chi connectivity index (χ1v) is 18.9. The minimum Gasteiger partial charge on any atom is -0.396 e. The third-order valence-corrected chi connectivity index (χ3v) is 11.5. The summed E-state index contributed by atoms with van der Waals surface area (Å²) in [5.74, 6) is 0.830. The van der Waals surface area contributed by atoms with Gasteiger partial charge in [0.1, 0.15) is 20.2 Å². The quantitative estimate of drug-likeness (QED) is 0.250. The number of fused-ring (bicyclic) bond motifs is 1. The number of benzene rings is 1. The molecule has 3 heterocycles. The second kappa shape index (κ2) is 10.8. The maximum Gasteiger partial charge on any atom is 0.158 e. The first-order chi connectivity index (χ1) is 16.6. The van der Waals surface area contributed by atoms with Crippen LogP contribution in [0.3, 0.4) is 0 Å². The van der Waals surface area contributed by atoms with Crippen molar-refractivity contribution in [2.45, 2.75) is 49.3 Å². The van der Waals surface area contributed by atoms with Crippen LogP contribution in [0.15, 0.2) is 72.0 Å². The van der Waals surface area contributed by atoms with E-state index in [1.807, 2.05) is 30.3 Å². The van der Waals surface area contributed by atoms with Crippen molar-refractivity contribution < 1.29 is 9.32 Å². The molecule has 2 unspecified atom stereocenters. The Labute approximate surface area is 216 Å². The Morgan fingerprint density at radius 2 is 1.89 bits per heavy atom. The number of nitrogens with one attached hydrogen (secondary N) is 1. The van der Waals surface area contributed by atoms with Gasteiger partial charge in [-0.1, -0.05) is 68.1 Å². The summed E-state index contributed by atoms with van der Waals surface area (Å²) in [6, 6.07) is 17.2. The minimum atomic E-state index is -1.61. The van der Waals surface area contributed by atoms with Gasteiger partial charge in [0.25, 0.3) is 0 Å². The molecule has 0 aliphatic rings. The van der Waals surface area contributed by atoms with Crippen LogP contribution >= 0.6 is 11.6 Å². The number of aromatic nitrogens is 3. The van der Waals surface area contributed by atoms with E-state index in [-0.39, 0.29) is 8.80 Å². The maximum absolute atomic E-state index is 13.3. The Bertz CT molecular complexity index is 1330. The number of aliphatic hydroxyl groups is 1. The summed E-state index contributed by atoms with van der Waals surface area (Å²) in [4.78, 5) is 13.3. The maximum atomic E-state index is 13.3. The summed E-state index contributed by atoms with van der Waals surface area (Å²) in [7, 11) is -3.38. The molecule has 0 saturated carbocycles. The summed E-state index contributed by atoms with van der Waals surface area (Å²) in [6.07, 6.45) is 3.94. The summed E-state index contributed by atoms with van der Waals surface area (Å²) >= 11 is 6.23. The number of pyridine rings is 2. The summed E-state index contributed by atoms with van der Waals surface area (Å²) in [5, 5.41) is 12.4. The van der Waals surface area contributed by atoms with Crippen LogP contribution < -0.4 is 4.98 Å². The van der Waals surface area contributed by atoms with Gasteiger partial charge in [0.15, 0.2) is 16.6 Å². The van der Waals surface area contributed by atoms with Gasteiger partial charge in [-0.3, -0.25) is 0 Å². The number of aliphatic hydroxyl groups excluding tert-OH is 1. The average Bonchev–Trinajstić information content (AvgIpc) is 3.21. The lowest BCUT2D eigenvalue weighted by Gasteiger charge is -2.25. The van der Waals surface area contributed by atoms with E-state index in [1.165, 1.54) is 18.3 Å². The van der Waals surface area contributed by atoms with E-state index in [0.29, 0.717) is 32.1 Å². The predicted octanol–water partition coefficient (Wildman–Crippen LogP) is 6.11. The smallest absolute Gasteiger partial charge is 0.158 e. The van der Waals surface area contributed by atoms with Crippen LogP contribution in [-0.2, 0) is 11.0 Å². The molecule has 2 N–H and O–H groups in total. The summed E-state index contributed by atoms with van der Waals surface area (Å²) in [5.41, 5.74) is 1.72. The Kier molecular flexibility index (Phi) is 7.92. The predicted molar refractivity (Wildman–Crippen MR) is 149 cm³/mol. The number of anilines is 1. The Morgan fingerprint density at radius 1 is 1.14 bits per heavy atom. The van der Waals surface area contributed by atoms with Gasteiger partial charge in [0, 0.05) is 43.9 Å². The molecule has 0 aliphatic heterocycles. The van der Waals surface area contributed by atoms with Crippen LogP contribution in [0.25, 0.3) is 11.0 Å². The zero-order valence-electron chi connectivity index (χ0n) is 20.3. The van der Waals surface area contributed by atoms with Gasteiger partial charge in [-0.2, -0.15) is 0 Å². The van der Waals surface area contributed by atoms with Gasteiger partial charge in [-0.25, -0.2) is 18.1 Å². The molecule has 2 atom stereocenters.